The molecule has 0 atom stereocenters. The molecule has 0 spiro atoms. The van der Waals surface area contributed by atoms with Crippen molar-refractivity contribution >= 4 is 28.8 Å². The van der Waals surface area contributed by atoms with E-state index in [2.05, 4.69) is 10.3 Å². The molecule has 1 fully saturated rings. The molecule has 0 unspecified atom stereocenters. The summed E-state index contributed by atoms with van der Waals surface area (Å²) in [5.74, 6) is -0.297. The number of rotatable bonds is 5. The van der Waals surface area contributed by atoms with Gasteiger partial charge in [0, 0.05) is 35.6 Å². The Hall–Kier alpha value is -3.49. The van der Waals surface area contributed by atoms with Crippen LogP contribution in [0.1, 0.15) is 30.5 Å². The number of hydrogen-bond acceptors (Lipinski definition) is 5. The van der Waals surface area contributed by atoms with Gasteiger partial charge < -0.3 is 19.7 Å². The average molecular weight is 433 g/mol. The van der Waals surface area contributed by atoms with Crippen LogP contribution in [-0.4, -0.2) is 44.3 Å². The third-order valence-electron chi connectivity index (χ3n) is 5.42. The summed E-state index contributed by atoms with van der Waals surface area (Å²) in [4.78, 5) is 32.1. The maximum absolute atomic E-state index is 12.6. The second kappa shape index (κ2) is 7.64. The highest BCUT2D eigenvalue weighted by Crippen LogP contribution is 2.37. The third kappa shape index (κ3) is 3.71. The van der Waals surface area contributed by atoms with Gasteiger partial charge in [-0.3, -0.25) is 9.59 Å². The molecule has 7 nitrogen and oxygen atoms in total. The van der Waals surface area contributed by atoms with Crippen LogP contribution in [0.3, 0.4) is 0 Å². The van der Waals surface area contributed by atoms with Crippen LogP contribution in [0.25, 0.3) is 5.65 Å². The fraction of sp³-hybridized carbons (Fsp3) is 0.174. The Labute approximate surface area is 182 Å². The molecule has 4 aromatic rings. The van der Waals surface area contributed by atoms with Gasteiger partial charge in [-0.2, -0.15) is 0 Å². The molecule has 0 saturated carbocycles. The Morgan fingerprint density at radius 1 is 1.10 bits per heavy atom. The number of nitrogens with zero attached hydrogens (tertiary/aromatic N) is 3. The molecule has 5 rings (SSSR count). The predicted molar refractivity (Wildman–Crippen MR) is 117 cm³/mol. The zero-order valence-electron chi connectivity index (χ0n) is 16.6. The number of carbonyl (C=O) groups is 2. The highest BCUT2D eigenvalue weighted by molar-refractivity contribution is 7.14. The minimum atomic E-state index is -1.11. The number of amides is 2. The molecule has 2 N–H and O–H groups in total. The number of aromatic nitrogens is 2. The highest BCUT2D eigenvalue weighted by Gasteiger charge is 2.46. The summed E-state index contributed by atoms with van der Waals surface area (Å²) in [6, 6.07) is 16.4. The highest BCUT2D eigenvalue weighted by atomic mass is 32.1. The molecular formula is C23H20N4O3S. The Balaban J connectivity index is 1.20. The molecule has 1 aliphatic rings. The van der Waals surface area contributed by atoms with Gasteiger partial charge in [-0.1, -0.05) is 18.2 Å². The number of hydrogen-bond donors (Lipinski definition) is 2. The number of aliphatic hydroxyl groups is 1. The van der Waals surface area contributed by atoms with E-state index in [1.165, 1.54) is 11.3 Å². The van der Waals surface area contributed by atoms with Crippen LogP contribution < -0.4 is 5.32 Å². The lowest BCUT2D eigenvalue weighted by Crippen LogP contribution is -2.60. The summed E-state index contributed by atoms with van der Waals surface area (Å²) >= 11 is 1.26. The number of imidazole rings is 1. The lowest BCUT2D eigenvalue weighted by molar-refractivity contribution is -0.0838. The molecule has 3 aromatic heterocycles. The van der Waals surface area contributed by atoms with Crippen LogP contribution in [0.5, 0.6) is 0 Å². The van der Waals surface area contributed by atoms with Gasteiger partial charge in [-0.25, -0.2) is 4.98 Å². The van der Waals surface area contributed by atoms with E-state index >= 15 is 0 Å². The standard InChI is InChI=1S/C23H20N4O3S/c28-21(25-13-16-8-10-26-11-9-24-20(26)12-16)18-6-7-19(31-18)23(30)14-27(15-23)22(29)17-4-2-1-3-5-17/h1-12,30H,13-15H2,(H,25,28). The summed E-state index contributed by atoms with van der Waals surface area (Å²) in [5, 5.41) is 13.8. The smallest absolute Gasteiger partial charge is 0.261 e. The van der Waals surface area contributed by atoms with Gasteiger partial charge in [0.05, 0.1) is 18.0 Å². The van der Waals surface area contributed by atoms with Crippen molar-refractivity contribution in [3.8, 4) is 0 Å². The van der Waals surface area contributed by atoms with Gasteiger partial charge in [0.2, 0.25) is 0 Å². The van der Waals surface area contributed by atoms with Crippen molar-refractivity contribution in [3.05, 3.63) is 94.1 Å². The molecule has 31 heavy (non-hydrogen) atoms. The van der Waals surface area contributed by atoms with E-state index in [1.54, 1.807) is 35.4 Å². The van der Waals surface area contributed by atoms with Crippen molar-refractivity contribution in [3.63, 3.8) is 0 Å². The predicted octanol–water partition coefficient (Wildman–Crippen LogP) is 2.67. The second-order valence-electron chi connectivity index (χ2n) is 7.63. The van der Waals surface area contributed by atoms with Crippen LogP contribution in [0.15, 0.2) is 73.2 Å². The second-order valence-corrected chi connectivity index (χ2v) is 8.72. The number of benzene rings is 1. The summed E-state index contributed by atoms with van der Waals surface area (Å²) in [7, 11) is 0. The van der Waals surface area contributed by atoms with E-state index < -0.39 is 5.60 Å². The maximum atomic E-state index is 12.6. The van der Waals surface area contributed by atoms with Crippen LogP contribution in [0.2, 0.25) is 0 Å². The molecular weight excluding hydrogens is 412 g/mol. The molecule has 2 amide bonds. The normalized spacial score (nSPS) is 14.9. The first-order valence-corrected chi connectivity index (χ1v) is 10.7. The summed E-state index contributed by atoms with van der Waals surface area (Å²) < 4.78 is 1.90. The van der Waals surface area contributed by atoms with E-state index in [0.717, 1.165) is 11.2 Å². The van der Waals surface area contributed by atoms with Gasteiger partial charge in [0.15, 0.2) is 0 Å². The topological polar surface area (TPSA) is 86.9 Å². The Bertz CT molecular complexity index is 1260. The van der Waals surface area contributed by atoms with Crippen molar-refractivity contribution in [2.75, 3.05) is 13.1 Å². The monoisotopic (exact) mass is 432 g/mol. The third-order valence-corrected chi connectivity index (χ3v) is 6.69. The van der Waals surface area contributed by atoms with Crippen molar-refractivity contribution in [2.45, 2.75) is 12.1 Å². The number of likely N-dealkylation sites (tertiary alicyclic amines) is 1. The first-order chi connectivity index (χ1) is 15.0. The number of β-amino-alcohol motifs (C(OH)–C–C–N with tert-alkyl or cyclic N) is 1. The van der Waals surface area contributed by atoms with Gasteiger partial charge in [-0.05, 0) is 42.0 Å². The Morgan fingerprint density at radius 3 is 2.71 bits per heavy atom. The SMILES string of the molecule is O=C(NCc1ccn2ccnc2c1)c1ccc(C2(O)CN(C(=O)c3ccccc3)C2)s1. The Kier molecular flexibility index (Phi) is 4.80. The summed E-state index contributed by atoms with van der Waals surface area (Å²) in [6.07, 6.45) is 5.50. The molecule has 1 aromatic carbocycles. The molecule has 1 aliphatic heterocycles. The Morgan fingerprint density at radius 2 is 1.90 bits per heavy atom. The fourth-order valence-corrected chi connectivity index (χ4v) is 4.68. The molecule has 156 valence electrons. The number of carbonyl (C=O) groups excluding carboxylic acids is 2. The zero-order valence-corrected chi connectivity index (χ0v) is 17.4. The minimum Gasteiger partial charge on any atom is -0.381 e. The summed E-state index contributed by atoms with van der Waals surface area (Å²) in [5.41, 5.74) is 1.27. The fourth-order valence-electron chi connectivity index (χ4n) is 3.69. The molecule has 8 heteroatoms. The quantitative estimate of drug-likeness (QED) is 0.508. The van der Waals surface area contributed by atoms with Gasteiger partial charge in [-0.15, -0.1) is 11.3 Å². The van der Waals surface area contributed by atoms with E-state index in [9.17, 15) is 14.7 Å². The van der Waals surface area contributed by atoms with Crippen molar-refractivity contribution in [2.24, 2.45) is 0 Å². The van der Waals surface area contributed by atoms with E-state index in [-0.39, 0.29) is 24.9 Å². The van der Waals surface area contributed by atoms with Crippen molar-refractivity contribution < 1.29 is 14.7 Å². The number of pyridine rings is 1. The van der Waals surface area contributed by atoms with Crippen LogP contribution in [0, 0.1) is 0 Å². The molecule has 1 saturated heterocycles. The van der Waals surface area contributed by atoms with Gasteiger partial charge >= 0.3 is 0 Å². The van der Waals surface area contributed by atoms with E-state index in [1.807, 2.05) is 47.1 Å². The van der Waals surface area contributed by atoms with E-state index in [4.69, 9.17) is 0 Å². The average Bonchev–Trinajstić information content (AvgIpc) is 3.45. The van der Waals surface area contributed by atoms with E-state index in [0.29, 0.717) is 21.9 Å². The molecule has 0 radical (unpaired) electrons. The lowest BCUT2D eigenvalue weighted by atomic mass is 9.91. The largest absolute Gasteiger partial charge is 0.381 e. The lowest BCUT2D eigenvalue weighted by Gasteiger charge is -2.45. The van der Waals surface area contributed by atoms with Crippen LogP contribution in [-0.2, 0) is 12.1 Å². The number of thiophene rings is 1. The van der Waals surface area contributed by atoms with Crippen LogP contribution >= 0.6 is 11.3 Å². The minimum absolute atomic E-state index is 0.103. The summed E-state index contributed by atoms with van der Waals surface area (Å²) in [6.45, 7) is 0.818. The number of nitrogens with one attached hydrogen (secondary N) is 1. The number of fused-ring (bicyclic) bond motifs is 1. The molecule has 4 heterocycles. The van der Waals surface area contributed by atoms with Crippen molar-refractivity contribution in [1.29, 1.82) is 0 Å². The zero-order chi connectivity index (χ0) is 21.4. The first kappa shape index (κ1) is 19.5. The molecule has 0 bridgehead atoms. The van der Waals surface area contributed by atoms with Crippen LogP contribution in [0.4, 0.5) is 0 Å². The first-order valence-electron chi connectivity index (χ1n) is 9.89. The maximum Gasteiger partial charge on any atom is 0.261 e. The van der Waals surface area contributed by atoms with Crippen molar-refractivity contribution in [1.82, 2.24) is 19.6 Å². The molecule has 0 aliphatic carbocycles. The van der Waals surface area contributed by atoms with Gasteiger partial charge in [0.25, 0.3) is 11.8 Å². The van der Waals surface area contributed by atoms with Gasteiger partial charge in [0.1, 0.15) is 11.2 Å².